The molecule has 0 aliphatic carbocycles. The predicted octanol–water partition coefficient (Wildman–Crippen LogP) is 2.87. The van der Waals surface area contributed by atoms with Crippen LogP contribution in [-0.2, 0) is 23.9 Å². The molecule has 1 fully saturated rings. The van der Waals surface area contributed by atoms with Gasteiger partial charge in [0.2, 0.25) is 5.91 Å². The van der Waals surface area contributed by atoms with Crippen molar-refractivity contribution in [1.82, 2.24) is 4.90 Å². The van der Waals surface area contributed by atoms with E-state index in [1.807, 2.05) is 0 Å². The van der Waals surface area contributed by atoms with Crippen molar-refractivity contribution in [2.45, 2.75) is 64.9 Å². The van der Waals surface area contributed by atoms with Crippen LogP contribution in [0.25, 0.3) is 0 Å². The van der Waals surface area contributed by atoms with Crippen LogP contribution < -0.4 is 0 Å². The molecule has 2 aliphatic heterocycles. The molecule has 7 heteroatoms. The molecule has 0 spiro atoms. The van der Waals surface area contributed by atoms with Gasteiger partial charge in [-0.2, -0.15) is 0 Å². The Bertz CT molecular complexity index is 593. The number of thioether (sulfide) groups is 1. The fraction of sp³-hybridized carbons (Fsp3) is 0.722. The molecule has 0 bridgehead atoms. The summed E-state index contributed by atoms with van der Waals surface area (Å²) in [5.74, 6) is -0.468. The van der Waals surface area contributed by atoms with E-state index in [4.69, 9.17) is 9.47 Å². The molecular weight excluding hydrogens is 342 g/mol. The van der Waals surface area contributed by atoms with Gasteiger partial charge in [0.25, 0.3) is 0 Å². The van der Waals surface area contributed by atoms with Crippen molar-refractivity contribution in [3.63, 3.8) is 0 Å². The molecule has 2 rings (SSSR count). The molecule has 2 atom stereocenters. The molecule has 6 nitrogen and oxygen atoms in total. The van der Waals surface area contributed by atoms with Crippen molar-refractivity contribution < 1.29 is 23.9 Å². The summed E-state index contributed by atoms with van der Waals surface area (Å²) >= 11 is 1.62. The molecule has 0 unspecified atom stereocenters. The standard InChI is InChI=1S/C18H27NO5S/c1-6-7-8-13-15(21)19-14(17(22)24-18(3,4)5)12(9-23-11(2)20)10-25-16(13)19/h13,16H,6-10H2,1-5H3/t13-,16+/m0/s1. The molecule has 2 aliphatic rings. The molecule has 0 aromatic heterocycles. The first kappa shape index (κ1) is 19.8. The number of β-lactam (4-membered cyclic amide) rings is 1. The second kappa shape index (κ2) is 7.81. The van der Waals surface area contributed by atoms with E-state index in [2.05, 4.69) is 6.92 Å². The first-order valence-corrected chi connectivity index (χ1v) is 9.74. The first-order chi connectivity index (χ1) is 11.7. The summed E-state index contributed by atoms with van der Waals surface area (Å²) in [6, 6.07) is 0. The number of hydrogen-bond donors (Lipinski definition) is 0. The van der Waals surface area contributed by atoms with E-state index in [-0.39, 0.29) is 29.5 Å². The third kappa shape index (κ3) is 4.57. The van der Waals surface area contributed by atoms with Gasteiger partial charge in [-0.1, -0.05) is 19.8 Å². The number of hydrogen-bond acceptors (Lipinski definition) is 6. The molecule has 25 heavy (non-hydrogen) atoms. The van der Waals surface area contributed by atoms with Gasteiger partial charge in [0.1, 0.15) is 17.9 Å². The fourth-order valence-corrected chi connectivity index (χ4v) is 4.37. The number of carbonyl (C=O) groups excluding carboxylic acids is 3. The van der Waals surface area contributed by atoms with Crippen LogP contribution >= 0.6 is 11.8 Å². The highest BCUT2D eigenvalue weighted by Gasteiger charge is 2.53. The van der Waals surface area contributed by atoms with E-state index in [1.165, 1.54) is 6.92 Å². The second-order valence-electron chi connectivity index (χ2n) is 7.39. The number of ether oxygens (including phenoxy) is 2. The van der Waals surface area contributed by atoms with Crippen molar-refractivity contribution in [1.29, 1.82) is 0 Å². The second-order valence-corrected chi connectivity index (χ2v) is 8.50. The van der Waals surface area contributed by atoms with Gasteiger partial charge in [-0.3, -0.25) is 14.5 Å². The van der Waals surface area contributed by atoms with E-state index < -0.39 is 17.5 Å². The zero-order valence-electron chi connectivity index (χ0n) is 15.6. The van der Waals surface area contributed by atoms with Crippen LogP contribution in [0.3, 0.4) is 0 Å². The van der Waals surface area contributed by atoms with Crippen LogP contribution in [0.15, 0.2) is 11.3 Å². The van der Waals surface area contributed by atoms with Gasteiger partial charge in [-0.15, -0.1) is 11.8 Å². The summed E-state index contributed by atoms with van der Waals surface area (Å²) in [7, 11) is 0. The van der Waals surface area contributed by atoms with E-state index in [0.717, 1.165) is 19.3 Å². The van der Waals surface area contributed by atoms with E-state index in [1.54, 1.807) is 37.4 Å². The zero-order valence-corrected chi connectivity index (χ0v) is 16.4. The monoisotopic (exact) mass is 369 g/mol. The maximum atomic E-state index is 12.7. The molecule has 0 aromatic carbocycles. The highest BCUT2D eigenvalue weighted by molar-refractivity contribution is 8.00. The average molecular weight is 369 g/mol. The molecule has 0 N–H and O–H groups in total. The summed E-state index contributed by atoms with van der Waals surface area (Å²) in [6.45, 7) is 8.78. The number of unbranched alkanes of at least 4 members (excludes halogenated alkanes) is 1. The molecule has 0 saturated carbocycles. The smallest absolute Gasteiger partial charge is 0.355 e. The lowest BCUT2D eigenvalue weighted by Gasteiger charge is -2.50. The highest BCUT2D eigenvalue weighted by atomic mass is 32.2. The van der Waals surface area contributed by atoms with E-state index in [9.17, 15) is 14.4 Å². The Morgan fingerprint density at radius 1 is 1.32 bits per heavy atom. The van der Waals surface area contributed by atoms with Crippen LogP contribution in [-0.4, -0.2) is 46.1 Å². The molecule has 2 heterocycles. The van der Waals surface area contributed by atoms with Gasteiger partial charge in [-0.05, 0) is 27.2 Å². The number of fused-ring (bicyclic) bond motifs is 1. The van der Waals surface area contributed by atoms with Crippen LogP contribution in [0.5, 0.6) is 0 Å². The molecular formula is C18H27NO5S. The SMILES string of the molecule is CCCC[C@H]1C(=O)N2C(C(=O)OC(C)(C)C)=C(COC(C)=O)CS[C@H]12. The van der Waals surface area contributed by atoms with Crippen molar-refractivity contribution in [2.75, 3.05) is 12.4 Å². The minimum absolute atomic E-state index is 0.00698. The Morgan fingerprint density at radius 2 is 2.00 bits per heavy atom. The minimum atomic E-state index is -0.660. The topological polar surface area (TPSA) is 72.9 Å². The van der Waals surface area contributed by atoms with Gasteiger partial charge in [0.15, 0.2) is 0 Å². The summed E-state index contributed by atoms with van der Waals surface area (Å²) in [6.07, 6.45) is 2.87. The lowest BCUT2D eigenvalue weighted by molar-refractivity contribution is -0.160. The third-order valence-electron chi connectivity index (χ3n) is 4.07. The van der Waals surface area contributed by atoms with Crippen LogP contribution in [0.1, 0.15) is 53.9 Å². The largest absolute Gasteiger partial charge is 0.461 e. The molecule has 1 saturated heterocycles. The number of amides is 1. The molecule has 140 valence electrons. The number of carbonyl (C=O) groups is 3. The summed E-state index contributed by atoms with van der Waals surface area (Å²) in [5.41, 5.74) is 0.234. The molecule has 0 radical (unpaired) electrons. The first-order valence-electron chi connectivity index (χ1n) is 8.69. The minimum Gasteiger partial charge on any atom is -0.461 e. The van der Waals surface area contributed by atoms with E-state index >= 15 is 0 Å². The number of nitrogens with zero attached hydrogens (tertiary/aromatic N) is 1. The maximum absolute atomic E-state index is 12.7. The van der Waals surface area contributed by atoms with Crippen LogP contribution in [0.4, 0.5) is 0 Å². The number of esters is 2. The van der Waals surface area contributed by atoms with Gasteiger partial charge >= 0.3 is 11.9 Å². The van der Waals surface area contributed by atoms with Gasteiger partial charge < -0.3 is 9.47 Å². The van der Waals surface area contributed by atoms with E-state index in [0.29, 0.717) is 11.3 Å². The molecule has 0 aromatic rings. The number of rotatable bonds is 6. The summed E-state index contributed by atoms with van der Waals surface area (Å²) < 4.78 is 10.6. The lowest BCUT2D eigenvalue weighted by Crippen LogP contribution is -2.61. The lowest BCUT2D eigenvalue weighted by atomic mass is 9.90. The van der Waals surface area contributed by atoms with Crippen molar-refractivity contribution in [3.05, 3.63) is 11.3 Å². The predicted molar refractivity (Wildman–Crippen MR) is 95.6 cm³/mol. The van der Waals surface area contributed by atoms with Gasteiger partial charge in [0.05, 0.1) is 11.3 Å². The normalized spacial score (nSPS) is 23.1. The van der Waals surface area contributed by atoms with Crippen LogP contribution in [0.2, 0.25) is 0 Å². The Hall–Kier alpha value is -1.50. The third-order valence-corrected chi connectivity index (χ3v) is 5.46. The van der Waals surface area contributed by atoms with Crippen molar-refractivity contribution >= 4 is 29.6 Å². The Kier molecular flexibility index (Phi) is 6.19. The quantitative estimate of drug-likeness (QED) is 0.529. The Labute approximate surface area is 153 Å². The summed E-state index contributed by atoms with van der Waals surface area (Å²) in [4.78, 5) is 38.0. The Balaban J connectivity index is 2.26. The summed E-state index contributed by atoms with van der Waals surface area (Å²) in [5, 5.41) is -0.0253. The average Bonchev–Trinajstić information content (AvgIpc) is 2.50. The van der Waals surface area contributed by atoms with Crippen molar-refractivity contribution in [3.8, 4) is 0 Å². The van der Waals surface area contributed by atoms with Gasteiger partial charge in [-0.25, -0.2) is 4.79 Å². The highest BCUT2D eigenvalue weighted by Crippen LogP contribution is 2.46. The molecule has 1 amide bonds. The Morgan fingerprint density at radius 3 is 2.56 bits per heavy atom. The zero-order chi connectivity index (χ0) is 18.8. The maximum Gasteiger partial charge on any atom is 0.355 e. The van der Waals surface area contributed by atoms with Crippen molar-refractivity contribution in [2.24, 2.45) is 5.92 Å². The van der Waals surface area contributed by atoms with Crippen LogP contribution in [0, 0.1) is 5.92 Å². The fourth-order valence-electron chi connectivity index (χ4n) is 2.93. The van der Waals surface area contributed by atoms with Gasteiger partial charge in [0, 0.05) is 18.2 Å².